The van der Waals surface area contributed by atoms with E-state index in [2.05, 4.69) is 5.10 Å². The van der Waals surface area contributed by atoms with E-state index < -0.39 is 0 Å². The van der Waals surface area contributed by atoms with Crippen LogP contribution in [0.4, 0.5) is 0 Å². The van der Waals surface area contributed by atoms with Gasteiger partial charge in [0.25, 0.3) is 0 Å². The minimum Gasteiger partial charge on any atom is -0.393 e. The second-order valence-corrected chi connectivity index (χ2v) is 4.54. The number of nitrogens with zero attached hydrogens (tertiary/aromatic N) is 3. The number of hydrogen-bond donors (Lipinski definition) is 1. The van der Waals surface area contributed by atoms with Gasteiger partial charge in [-0.05, 0) is 33.3 Å². The number of carbonyl (C=O) groups is 1. The summed E-state index contributed by atoms with van der Waals surface area (Å²) in [5.41, 5.74) is 1.90. The molecular weight excluding hydrogens is 218 g/mol. The fraction of sp³-hybridized carbons (Fsp3) is 0.667. The number of likely N-dealkylation sites (N-methyl/N-ethyl adjacent to an activating group) is 1. The molecule has 0 aliphatic heterocycles. The van der Waals surface area contributed by atoms with Crippen molar-refractivity contribution in [3.8, 4) is 0 Å². The Bertz CT molecular complexity index is 385. The summed E-state index contributed by atoms with van der Waals surface area (Å²) >= 11 is 0. The molecule has 1 aromatic rings. The highest BCUT2D eigenvalue weighted by Crippen LogP contribution is 2.03. The van der Waals surface area contributed by atoms with Gasteiger partial charge in [0.05, 0.1) is 11.8 Å². The Labute approximate surface area is 102 Å². The Kier molecular flexibility index (Phi) is 4.69. The van der Waals surface area contributed by atoms with E-state index in [4.69, 9.17) is 5.11 Å². The van der Waals surface area contributed by atoms with Gasteiger partial charge < -0.3 is 10.0 Å². The van der Waals surface area contributed by atoms with E-state index in [1.807, 2.05) is 19.9 Å². The van der Waals surface area contributed by atoms with E-state index in [9.17, 15) is 4.79 Å². The zero-order valence-corrected chi connectivity index (χ0v) is 11.0. The molecule has 17 heavy (non-hydrogen) atoms. The molecule has 1 atom stereocenters. The van der Waals surface area contributed by atoms with Crippen molar-refractivity contribution in [1.82, 2.24) is 14.7 Å². The van der Waals surface area contributed by atoms with Crippen LogP contribution in [0.3, 0.4) is 0 Å². The van der Waals surface area contributed by atoms with Crippen molar-refractivity contribution in [2.24, 2.45) is 0 Å². The molecule has 96 valence electrons. The summed E-state index contributed by atoms with van der Waals surface area (Å²) in [6.07, 6.45) is 0.221. The molecule has 0 aromatic carbocycles. The van der Waals surface area contributed by atoms with E-state index in [0.29, 0.717) is 13.0 Å². The Morgan fingerprint density at radius 3 is 2.71 bits per heavy atom. The van der Waals surface area contributed by atoms with Gasteiger partial charge in [-0.25, -0.2) is 0 Å². The third-order valence-electron chi connectivity index (χ3n) is 2.70. The van der Waals surface area contributed by atoms with Gasteiger partial charge in [0, 0.05) is 19.3 Å². The normalized spacial score (nSPS) is 12.5. The highest BCUT2D eigenvalue weighted by atomic mass is 16.3. The third kappa shape index (κ3) is 4.19. The molecule has 0 bridgehead atoms. The standard InChI is InChI=1S/C12H21N3O2/c1-9-7-10(2)15(13-9)8-12(17)14(4)6-5-11(3)16/h7,11,16H,5-6,8H2,1-4H3. The van der Waals surface area contributed by atoms with Gasteiger partial charge in [0.1, 0.15) is 6.54 Å². The molecule has 0 saturated carbocycles. The van der Waals surface area contributed by atoms with Crippen LogP contribution in [-0.4, -0.2) is 45.4 Å². The molecular formula is C12H21N3O2. The van der Waals surface area contributed by atoms with Gasteiger partial charge in [0.2, 0.25) is 5.91 Å². The van der Waals surface area contributed by atoms with Crippen LogP contribution in [0.15, 0.2) is 6.07 Å². The van der Waals surface area contributed by atoms with Crippen molar-refractivity contribution >= 4 is 5.91 Å². The molecule has 1 amide bonds. The lowest BCUT2D eigenvalue weighted by atomic mass is 10.3. The fourth-order valence-corrected chi connectivity index (χ4v) is 1.59. The summed E-state index contributed by atoms with van der Waals surface area (Å²) in [6, 6.07) is 1.95. The van der Waals surface area contributed by atoms with Crippen molar-refractivity contribution in [2.75, 3.05) is 13.6 Å². The maximum absolute atomic E-state index is 11.9. The van der Waals surface area contributed by atoms with Crippen LogP contribution in [0.5, 0.6) is 0 Å². The van der Waals surface area contributed by atoms with Gasteiger partial charge in [-0.2, -0.15) is 5.10 Å². The molecule has 0 fully saturated rings. The second-order valence-electron chi connectivity index (χ2n) is 4.54. The van der Waals surface area contributed by atoms with Gasteiger partial charge >= 0.3 is 0 Å². The van der Waals surface area contributed by atoms with Crippen LogP contribution >= 0.6 is 0 Å². The van der Waals surface area contributed by atoms with Gasteiger partial charge in [-0.15, -0.1) is 0 Å². The van der Waals surface area contributed by atoms with Gasteiger partial charge in [-0.1, -0.05) is 0 Å². The highest BCUT2D eigenvalue weighted by molar-refractivity contribution is 5.75. The first-order valence-electron chi connectivity index (χ1n) is 5.83. The molecule has 0 spiro atoms. The zero-order chi connectivity index (χ0) is 13.0. The van der Waals surface area contributed by atoms with Crippen LogP contribution in [-0.2, 0) is 11.3 Å². The smallest absolute Gasteiger partial charge is 0.244 e. The number of aryl methyl sites for hydroxylation is 2. The van der Waals surface area contributed by atoms with Crippen molar-refractivity contribution < 1.29 is 9.90 Å². The molecule has 1 rings (SSSR count). The van der Waals surface area contributed by atoms with E-state index in [-0.39, 0.29) is 18.6 Å². The summed E-state index contributed by atoms with van der Waals surface area (Å²) in [5.74, 6) is 0.0110. The Morgan fingerprint density at radius 2 is 2.24 bits per heavy atom. The Hall–Kier alpha value is -1.36. The van der Waals surface area contributed by atoms with Crippen molar-refractivity contribution in [2.45, 2.75) is 39.8 Å². The number of carbonyl (C=O) groups excluding carboxylic acids is 1. The minimum atomic E-state index is -0.376. The SMILES string of the molecule is Cc1cc(C)n(CC(=O)N(C)CCC(C)O)n1. The van der Waals surface area contributed by atoms with Gasteiger partial charge in [-0.3, -0.25) is 9.48 Å². The van der Waals surface area contributed by atoms with Crippen LogP contribution in [0.1, 0.15) is 24.7 Å². The van der Waals surface area contributed by atoms with Crippen LogP contribution in [0.25, 0.3) is 0 Å². The molecule has 0 radical (unpaired) electrons. The number of aliphatic hydroxyl groups excluding tert-OH is 1. The molecule has 5 heteroatoms. The summed E-state index contributed by atoms with van der Waals surface area (Å²) < 4.78 is 1.70. The molecule has 0 aliphatic rings. The molecule has 0 saturated heterocycles. The van der Waals surface area contributed by atoms with E-state index in [0.717, 1.165) is 11.4 Å². The maximum atomic E-state index is 11.9. The summed E-state index contributed by atoms with van der Waals surface area (Å²) in [6.45, 7) is 6.39. The lowest BCUT2D eigenvalue weighted by molar-refractivity contribution is -0.131. The summed E-state index contributed by atoms with van der Waals surface area (Å²) in [7, 11) is 1.75. The first-order chi connectivity index (χ1) is 7.90. The Balaban J connectivity index is 2.51. The van der Waals surface area contributed by atoms with Crippen LogP contribution < -0.4 is 0 Å². The van der Waals surface area contributed by atoms with Crippen LogP contribution in [0.2, 0.25) is 0 Å². The lowest BCUT2D eigenvalue weighted by Crippen LogP contribution is -2.32. The Morgan fingerprint density at radius 1 is 1.59 bits per heavy atom. The predicted octanol–water partition coefficient (Wildman–Crippen LogP) is 0.729. The maximum Gasteiger partial charge on any atom is 0.244 e. The topological polar surface area (TPSA) is 58.4 Å². The summed E-state index contributed by atoms with van der Waals surface area (Å²) in [4.78, 5) is 13.5. The molecule has 1 aromatic heterocycles. The molecule has 0 aliphatic carbocycles. The number of rotatable bonds is 5. The lowest BCUT2D eigenvalue weighted by Gasteiger charge is -2.18. The van der Waals surface area contributed by atoms with Crippen molar-refractivity contribution in [1.29, 1.82) is 0 Å². The van der Waals surface area contributed by atoms with E-state index in [1.165, 1.54) is 0 Å². The number of hydrogen-bond acceptors (Lipinski definition) is 3. The number of amides is 1. The average molecular weight is 239 g/mol. The van der Waals surface area contributed by atoms with E-state index >= 15 is 0 Å². The highest BCUT2D eigenvalue weighted by Gasteiger charge is 2.12. The zero-order valence-electron chi connectivity index (χ0n) is 11.0. The first-order valence-corrected chi connectivity index (χ1v) is 5.83. The van der Waals surface area contributed by atoms with Crippen LogP contribution in [0, 0.1) is 13.8 Å². The first kappa shape index (κ1) is 13.7. The molecule has 1 heterocycles. The monoisotopic (exact) mass is 239 g/mol. The largest absolute Gasteiger partial charge is 0.393 e. The van der Waals surface area contributed by atoms with Crippen molar-refractivity contribution in [3.63, 3.8) is 0 Å². The third-order valence-corrected chi connectivity index (χ3v) is 2.70. The molecule has 5 nitrogen and oxygen atoms in total. The quantitative estimate of drug-likeness (QED) is 0.824. The molecule has 1 unspecified atom stereocenters. The predicted molar refractivity (Wildman–Crippen MR) is 65.6 cm³/mol. The summed E-state index contributed by atoms with van der Waals surface area (Å²) in [5, 5.41) is 13.4. The number of aromatic nitrogens is 2. The average Bonchev–Trinajstić information content (AvgIpc) is 2.53. The number of aliphatic hydroxyl groups is 1. The van der Waals surface area contributed by atoms with E-state index in [1.54, 1.807) is 23.6 Å². The molecule has 1 N–H and O–H groups in total. The second kappa shape index (κ2) is 5.82. The fourth-order valence-electron chi connectivity index (χ4n) is 1.59. The van der Waals surface area contributed by atoms with Crippen molar-refractivity contribution in [3.05, 3.63) is 17.5 Å². The minimum absolute atomic E-state index is 0.0110. The van der Waals surface area contributed by atoms with Gasteiger partial charge in [0.15, 0.2) is 0 Å².